The van der Waals surface area contributed by atoms with Crippen molar-refractivity contribution in [1.29, 1.82) is 0 Å². The van der Waals surface area contributed by atoms with Crippen molar-refractivity contribution in [3.63, 3.8) is 0 Å². The van der Waals surface area contributed by atoms with Gasteiger partial charge in [0, 0.05) is 29.1 Å². The first-order valence-corrected chi connectivity index (χ1v) is 17.7. The number of ether oxygens (including phenoxy) is 2. The molecule has 2 aromatic heterocycles. The van der Waals surface area contributed by atoms with Gasteiger partial charge in [-0.25, -0.2) is 14.6 Å². The highest BCUT2D eigenvalue weighted by molar-refractivity contribution is 5.95. The molecule has 1 fully saturated rings. The summed E-state index contributed by atoms with van der Waals surface area (Å²) in [4.78, 5) is 42.5. The maximum atomic E-state index is 13.8. The van der Waals surface area contributed by atoms with Crippen molar-refractivity contribution in [1.82, 2.24) is 36.2 Å². The summed E-state index contributed by atoms with van der Waals surface area (Å²) in [6, 6.07) is 17.7. The molecule has 5 rings (SSSR count). The number of nitrogens with zero attached hydrogens (tertiary/aromatic N) is 4. The molecule has 5 N–H and O–H groups in total. The van der Waals surface area contributed by atoms with Gasteiger partial charge in [-0.15, -0.1) is 10.2 Å². The number of aliphatic hydroxyl groups is 1. The maximum absolute atomic E-state index is 13.8. The number of aryl methyl sites for hydroxylation is 1. The van der Waals surface area contributed by atoms with Crippen LogP contribution in [0.25, 0.3) is 22.5 Å². The maximum Gasteiger partial charge on any atom is 0.407 e. The van der Waals surface area contributed by atoms with Gasteiger partial charge in [-0.05, 0) is 125 Å². The van der Waals surface area contributed by atoms with E-state index in [0.717, 1.165) is 47.9 Å². The van der Waals surface area contributed by atoms with E-state index in [0.29, 0.717) is 30.2 Å². The number of pyridine rings is 1. The Labute approximate surface area is 303 Å². The topological polar surface area (TPSA) is 193 Å². The Morgan fingerprint density at radius 2 is 1.65 bits per heavy atom. The van der Waals surface area contributed by atoms with E-state index in [-0.39, 0.29) is 30.0 Å². The molecule has 0 spiro atoms. The molecular formula is C38H48N8O6. The first kappa shape index (κ1) is 38.0. The Morgan fingerprint density at radius 3 is 2.27 bits per heavy atom. The molecule has 14 heteroatoms. The van der Waals surface area contributed by atoms with Crippen molar-refractivity contribution in [2.24, 2.45) is 11.8 Å². The largest absolute Gasteiger partial charge is 0.461 e. The number of hydrogen-bond donors (Lipinski definition) is 5. The minimum atomic E-state index is -0.915. The number of amides is 2. The molecule has 2 heterocycles. The quantitative estimate of drug-likeness (QED) is 0.0904. The summed E-state index contributed by atoms with van der Waals surface area (Å²) in [5.41, 5.74) is 4.41. The van der Waals surface area contributed by atoms with Gasteiger partial charge >= 0.3 is 12.1 Å². The molecule has 2 amide bonds. The molecule has 1 aliphatic carbocycles. The summed E-state index contributed by atoms with van der Waals surface area (Å²) < 4.78 is 10.4. The molecule has 4 aromatic rings. The van der Waals surface area contributed by atoms with Gasteiger partial charge in [0.05, 0.1) is 12.6 Å². The van der Waals surface area contributed by atoms with E-state index < -0.39 is 29.9 Å². The number of alkyl carbamates (subject to hydrolysis) is 1. The fourth-order valence-corrected chi connectivity index (χ4v) is 6.28. The van der Waals surface area contributed by atoms with Crippen LogP contribution in [0, 0.1) is 18.8 Å². The van der Waals surface area contributed by atoms with Crippen molar-refractivity contribution in [3.8, 4) is 22.5 Å². The Bertz CT molecular complexity index is 1780. The molecule has 52 heavy (non-hydrogen) atoms. The van der Waals surface area contributed by atoms with Gasteiger partial charge in [0.25, 0.3) is 0 Å². The van der Waals surface area contributed by atoms with Crippen LogP contribution in [0.15, 0.2) is 60.7 Å². The number of hydrogen-bond acceptors (Lipinski definition) is 11. The fourth-order valence-electron chi connectivity index (χ4n) is 6.28. The van der Waals surface area contributed by atoms with Gasteiger partial charge in [0.2, 0.25) is 11.7 Å². The van der Waals surface area contributed by atoms with E-state index >= 15 is 0 Å². The van der Waals surface area contributed by atoms with E-state index in [9.17, 15) is 19.5 Å². The molecule has 2 unspecified atom stereocenters. The van der Waals surface area contributed by atoms with E-state index in [1.807, 2.05) is 58.0 Å². The molecule has 1 aliphatic rings. The molecule has 0 saturated heterocycles. The number of nitrogens with one attached hydrogen (secondary N) is 4. The van der Waals surface area contributed by atoms with Crippen LogP contribution in [0.5, 0.6) is 0 Å². The third-order valence-electron chi connectivity index (χ3n) is 8.99. The summed E-state index contributed by atoms with van der Waals surface area (Å²) in [5, 5.41) is 34.5. The van der Waals surface area contributed by atoms with Crippen LogP contribution in [-0.4, -0.2) is 79.7 Å². The SMILES string of the molecule is CCOC(=O)c1ccc(-c2ccc(CC(NC(O)C3CCC(CNC(=O)OC(C)(C)C)CC3)C(=O)Nc3ccc(-c4nn[nH]n4)cc3)cc2)c(C)n1. The molecular weight excluding hydrogens is 664 g/mol. The number of aromatic amines is 1. The number of aromatic nitrogens is 5. The lowest BCUT2D eigenvalue weighted by atomic mass is 9.81. The van der Waals surface area contributed by atoms with Gasteiger partial charge in [-0.3, -0.25) is 10.1 Å². The highest BCUT2D eigenvalue weighted by Gasteiger charge is 2.31. The molecule has 0 radical (unpaired) electrons. The second-order valence-corrected chi connectivity index (χ2v) is 14.1. The highest BCUT2D eigenvalue weighted by Crippen LogP contribution is 2.31. The molecule has 0 aliphatic heterocycles. The van der Waals surface area contributed by atoms with Crippen LogP contribution >= 0.6 is 0 Å². The van der Waals surface area contributed by atoms with Crippen LogP contribution in [0.2, 0.25) is 0 Å². The zero-order valence-corrected chi connectivity index (χ0v) is 30.3. The zero-order valence-electron chi connectivity index (χ0n) is 30.3. The molecule has 276 valence electrons. The summed E-state index contributed by atoms with van der Waals surface area (Å²) >= 11 is 0. The predicted octanol–water partition coefficient (Wildman–Crippen LogP) is 5.20. The Hall–Kier alpha value is -5.21. The number of tetrazole rings is 1. The molecule has 2 aromatic carbocycles. The first-order chi connectivity index (χ1) is 24.9. The second-order valence-electron chi connectivity index (χ2n) is 14.1. The lowest BCUT2D eigenvalue weighted by molar-refractivity contribution is -0.119. The van der Waals surface area contributed by atoms with Crippen LogP contribution in [-0.2, 0) is 20.7 Å². The Kier molecular flexibility index (Phi) is 12.7. The Balaban J connectivity index is 1.25. The number of carbonyl (C=O) groups excluding carboxylic acids is 3. The predicted molar refractivity (Wildman–Crippen MR) is 195 cm³/mol. The molecule has 2 atom stereocenters. The summed E-state index contributed by atoms with van der Waals surface area (Å²) in [6.45, 7) is 9.88. The third kappa shape index (κ3) is 10.7. The number of aliphatic hydroxyl groups excluding tert-OH is 1. The summed E-state index contributed by atoms with van der Waals surface area (Å²) in [5.74, 6) is -0.0832. The molecule has 14 nitrogen and oxygen atoms in total. The van der Waals surface area contributed by atoms with Crippen LogP contribution in [0.3, 0.4) is 0 Å². The van der Waals surface area contributed by atoms with Gasteiger partial charge in [-0.2, -0.15) is 5.21 Å². The van der Waals surface area contributed by atoms with Gasteiger partial charge in [-0.1, -0.05) is 30.3 Å². The number of carbonyl (C=O) groups is 3. The van der Waals surface area contributed by atoms with Crippen molar-refractivity contribution in [2.75, 3.05) is 18.5 Å². The van der Waals surface area contributed by atoms with E-state index in [2.05, 4.69) is 41.6 Å². The molecule has 0 bridgehead atoms. The normalized spacial score (nSPS) is 17.1. The highest BCUT2D eigenvalue weighted by atomic mass is 16.6. The van der Waals surface area contributed by atoms with Crippen LogP contribution in [0.4, 0.5) is 10.5 Å². The van der Waals surface area contributed by atoms with Crippen molar-refractivity contribution in [3.05, 3.63) is 77.6 Å². The average molecular weight is 713 g/mol. The van der Waals surface area contributed by atoms with Crippen molar-refractivity contribution >= 4 is 23.7 Å². The number of H-pyrrole nitrogens is 1. The van der Waals surface area contributed by atoms with Crippen molar-refractivity contribution < 1.29 is 29.0 Å². The minimum Gasteiger partial charge on any atom is -0.461 e. The number of esters is 1. The monoisotopic (exact) mass is 712 g/mol. The fraction of sp³-hybridized carbons (Fsp3) is 0.447. The van der Waals surface area contributed by atoms with Crippen LogP contribution < -0.4 is 16.0 Å². The number of rotatable bonds is 13. The van der Waals surface area contributed by atoms with Crippen LogP contribution in [0.1, 0.15) is 75.1 Å². The number of benzene rings is 2. The third-order valence-corrected chi connectivity index (χ3v) is 8.99. The Morgan fingerprint density at radius 1 is 0.962 bits per heavy atom. The van der Waals surface area contributed by atoms with E-state index in [1.165, 1.54) is 0 Å². The smallest absolute Gasteiger partial charge is 0.407 e. The van der Waals surface area contributed by atoms with Gasteiger partial charge in [0.1, 0.15) is 17.5 Å². The van der Waals surface area contributed by atoms with Gasteiger partial charge < -0.3 is 25.2 Å². The first-order valence-electron chi connectivity index (χ1n) is 17.7. The lowest BCUT2D eigenvalue weighted by Crippen LogP contribution is -2.50. The van der Waals surface area contributed by atoms with Crippen molar-refractivity contribution in [2.45, 2.75) is 84.6 Å². The second kappa shape index (κ2) is 17.3. The lowest BCUT2D eigenvalue weighted by Gasteiger charge is -2.33. The summed E-state index contributed by atoms with van der Waals surface area (Å²) in [7, 11) is 0. The standard InChI is InChI=1S/C38H48N8O6/c1-6-51-36(49)31-20-19-30(23(2)40-31)26-11-7-24(8-12-26)21-32(35(48)41-29-17-15-27(16-18-29)33-43-45-46-44-33)42-34(47)28-13-9-25(10-14-28)22-39-37(50)52-38(3,4)5/h7-8,11-12,15-20,25,28,32,34,42,47H,6,9-10,13-14,21-22H2,1-5H3,(H,39,50)(H,41,48)(H,43,44,45,46). The van der Waals surface area contributed by atoms with E-state index in [1.54, 1.807) is 37.3 Å². The zero-order chi connectivity index (χ0) is 37.3. The number of anilines is 1. The minimum absolute atomic E-state index is 0.0576. The molecule has 1 saturated carbocycles. The van der Waals surface area contributed by atoms with E-state index in [4.69, 9.17) is 9.47 Å². The summed E-state index contributed by atoms with van der Waals surface area (Å²) in [6.07, 6.45) is 2.13. The van der Waals surface area contributed by atoms with Gasteiger partial charge in [0.15, 0.2) is 0 Å². The average Bonchev–Trinajstić information content (AvgIpc) is 3.66.